The molecule has 10 heavy (non-hydrogen) atoms. The average Bonchev–Trinajstić information content (AvgIpc) is 2.05. The molecule has 0 aliphatic rings. The van der Waals surface area contributed by atoms with E-state index >= 15 is 0 Å². The van der Waals surface area contributed by atoms with E-state index in [2.05, 4.69) is 9.97 Å². The first-order valence-corrected chi connectivity index (χ1v) is 2.64. The Morgan fingerprint density at radius 3 is 2.50 bits per heavy atom. The van der Waals surface area contributed by atoms with Crippen LogP contribution < -0.4 is 0 Å². The van der Waals surface area contributed by atoms with Crippen molar-refractivity contribution in [2.45, 2.75) is 6.67 Å². The average molecular weight is 137 g/mol. The van der Waals surface area contributed by atoms with Crippen molar-refractivity contribution in [2.24, 2.45) is 0 Å². The molecule has 0 spiro atoms. The zero-order valence-corrected chi connectivity index (χ0v) is 5.08. The van der Waals surface area contributed by atoms with E-state index in [-0.39, 0.29) is 5.82 Å². The fourth-order valence-corrected chi connectivity index (χ4v) is 0.482. The zero-order chi connectivity index (χ0) is 7.40. The third kappa shape index (κ3) is 1.26. The van der Waals surface area contributed by atoms with Gasteiger partial charge in [0, 0.05) is 12.4 Å². The Bertz CT molecular complexity index is 249. The lowest BCUT2D eigenvalue weighted by molar-refractivity contribution is 0.465. The SMILES string of the molecule is N#Cc1cnc(CF)nc1. The van der Waals surface area contributed by atoms with Gasteiger partial charge in [-0.1, -0.05) is 0 Å². The van der Waals surface area contributed by atoms with Crippen molar-refractivity contribution in [3.8, 4) is 6.07 Å². The highest BCUT2D eigenvalue weighted by Gasteiger charge is 1.93. The molecule has 0 amide bonds. The highest BCUT2D eigenvalue weighted by Crippen LogP contribution is 1.94. The standard InChI is InChI=1S/C6H4FN3/c7-1-6-9-3-5(2-8)4-10-6/h3-4H,1H2. The van der Waals surface area contributed by atoms with E-state index in [1.54, 1.807) is 0 Å². The van der Waals surface area contributed by atoms with Crippen LogP contribution in [0.15, 0.2) is 12.4 Å². The summed E-state index contributed by atoms with van der Waals surface area (Å²) < 4.78 is 11.8. The van der Waals surface area contributed by atoms with Crippen LogP contribution in [0.2, 0.25) is 0 Å². The summed E-state index contributed by atoms with van der Waals surface area (Å²) >= 11 is 0. The minimum atomic E-state index is -0.689. The van der Waals surface area contributed by atoms with Crippen LogP contribution >= 0.6 is 0 Å². The molecule has 0 saturated heterocycles. The summed E-state index contributed by atoms with van der Waals surface area (Å²) in [7, 11) is 0. The third-order valence-corrected chi connectivity index (χ3v) is 0.954. The van der Waals surface area contributed by atoms with Crippen molar-refractivity contribution in [2.75, 3.05) is 0 Å². The Labute approximate surface area is 57.2 Å². The van der Waals surface area contributed by atoms with Crippen molar-refractivity contribution >= 4 is 0 Å². The molecule has 1 heterocycles. The van der Waals surface area contributed by atoms with Crippen LogP contribution in [0.3, 0.4) is 0 Å². The number of alkyl halides is 1. The van der Waals surface area contributed by atoms with Gasteiger partial charge in [-0.2, -0.15) is 5.26 Å². The van der Waals surface area contributed by atoms with Crippen LogP contribution in [-0.4, -0.2) is 9.97 Å². The molecule has 0 aromatic carbocycles. The molecule has 1 rings (SSSR count). The lowest BCUT2D eigenvalue weighted by atomic mass is 10.4. The minimum absolute atomic E-state index is 0.110. The lowest BCUT2D eigenvalue weighted by Crippen LogP contribution is -1.90. The summed E-state index contributed by atoms with van der Waals surface area (Å²) in [4.78, 5) is 7.12. The highest BCUT2D eigenvalue weighted by molar-refractivity contribution is 5.21. The van der Waals surface area contributed by atoms with Crippen molar-refractivity contribution in [1.82, 2.24) is 9.97 Å². The zero-order valence-electron chi connectivity index (χ0n) is 5.08. The number of hydrogen-bond donors (Lipinski definition) is 0. The maximum Gasteiger partial charge on any atom is 0.159 e. The molecule has 1 aromatic heterocycles. The fourth-order valence-electron chi connectivity index (χ4n) is 0.482. The molecule has 1 aromatic rings. The summed E-state index contributed by atoms with van der Waals surface area (Å²) in [6, 6.07) is 1.83. The summed E-state index contributed by atoms with van der Waals surface area (Å²) in [5.41, 5.74) is 0.345. The van der Waals surface area contributed by atoms with Gasteiger partial charge in [0.15, 0.2) is 5.82 Å². The summed E-state index contributed by atoms with van der Waals surface area (Å²) in [5, 5.41) is 8.28. The molecule has 0 atom stereocenters. The number of nitrogens with zero attached hydrogens (tertiary/aromatic N) is 3. The van der Waals surface area contributed by atoms with E-state index in [1.165, 1.54) is 12.4 Å². The first-order chi connectivity index (χ1) is 4.86. The monoisotopic (exact) mass is 137 g/mol. The number of rotatable bonds is 1. The molecule has 0 aliphatic carbocycles. The Balaban J connectivity index is 2.93. The lowest BCUT2D eigenvalue weighted by Gasteiger charge is -1.89. The highest BCUT2D eigenvalue weighted by atomic mass is 19.1. The molecule has 0 unspecified atom stereocenters. The van der Waals surface area contributed by atoms with E-state index in [9.17, 15) is 4.39 Å². The van der Waals surface area contributed by atoms with Gasteiger partial charge < -0.3 is 0 Å². The molecule has 50 valence electrons. The van der Waals surface area contributed by atoms with E-state index in [4.69, 9.17) is 5.26 Å². The molecule has 0 bridgehead atoms. The quantitative estimate of drug-likeness (QED) is 0.575. The second kappa shape index (κ2) is 2.87. The van der Waals surface area contributed by atoms with Crippen LogP contribution in [0, 0.1) is 11.3 Å². The first-order valence-electron chi connectivity index (χ1n) is 2.64. The molecule has 0 saturated carbocycles. The number of hydrogen-bond acceptors (Lipinski definition) is 3. The van der Waals surface area contributed by atoms with Crippen LogP contribution in [0.1, 0.15) is 11.4 Å². The Morgan fingerprint density at radius 2 is 2.10 bits per heavy atom. The van der Waals surface area contributed by atoms with Gasteiger partial charge in [-0.05, 0) is 0 Å². The topological polar surface area (TPSA) is 49.6 Å². The molecule has 0 radical (unpaired) electrons. The first kappa shape index (κ1) is 6.62. The van der Waals surface area contributed by atoms with Gasteiger partial charge in [-0.3, -0.25) is 0 Å². The second-order valence-corrected chi connectivity index (χ2v) is 1.63. The molecule has 0 aliphatic heterocycles. The van der Waals surface area contributed by atoms with Gasteiger partial charge in [-0.15, -0.1) is 0 Å². The van der Waals surface area contributed by atoms with Gasteiger partial charge in [0.05, 0.1) is 5.56 Å². The van der Waals surface area contributed by atoms with Gasteiger partial charge in [-0.25, -0.2) is 14.4 Å². The smallest absolute Gasteiger partial charge is 0.159 e. The van der Waals surface area contributed by atoms with E-state index < -0.39 is 6.67 Å². The number of aromatic nitrogens is 2. The minimum Gasteiger partial charge on any atom is -0.242 e. The predicted octanol–water partition coefficient (Wildman–Crippen LogP) is 0.818. The molecular weight excluding hydrogens is 133 g/mol. The predicted molar refractivity (Wildman–Crippen MR) is 31.6 cm³/mol. The van der Waals surface area contributed by atoms with E-state index in [1.807, 2.05) is 6.07 Å². The third-order valence-electron chi connectivity index (χ3n) is 0.954. The van der Waals surface area contributed by atoms with Crippen LogP contribution in [0.5, 0.6) is 0 Å². The normalized spacial score (nSPS) is 8.80. The Kier molecular flexibility index (Phi) is 1.90. The van der Waals surface area contributed by atoms with Gasteiger partial charge in [0.2, 0.25) is 0 Å². The molecule has 0 N–H and O–H groups in total. The van der Waals surface area contributed by atoms with E-state index in [0.717, 1.165) is 0 Å². The maximum atomic E-state index is 11.8. The molecule has 3 nitrogen and oxygen atoms in total. The number of nitriles is 1. The summed E-state index contributed by atoms with van der Waals surface area (Å²) in [6.07, 6.45) is 2.59. The Hall–Kier alpha value is -1.50. The molecule has 0 fully saturated rings. The fraction of sp³-hybridized carbons (Fsp3) is 0.167. The van der Waals surface area contributed by atoms with Crippen molar-refractivity contribution in [3.05, 3.63) is 23.8 Å². The number of halogens is 1. The molecular formula is C6H4FN3. The summed E-state index contributed by atoms with van der Waals surface area (Å²) in [5.74, 6) is 0.110. The Morgan fingerprint density at radius 1 is 1.50 bits per heavy atom. The van der Waals surface area contributed by atoms with Crippen LogP contribution in [0.4, 0.5) is 4.39 Å². The largest absolute Gasteiger partial charge is 0.242 e. The maximum absolute atomic E-state index is 11.8. The second-order valence-electron chi connectivity index (χ2n) is 1.63. The summed E-state index contributed by atoms with van der Waals surface area (Å²) in [6.45, 7) is -0.689. The van der Waals surface area contributed by atoms with Crippen molar-refractivity contribution in [3.63, 3.8) is 0 Å². The van der Waals surface area contributed by atoms with E-state index in [0.29, 0.717) is 5.56 Å². The van der Waals surface area contributed by atoms with Gasteiger partial charge in [0.25, 0.3) is 0 Å². The molecule has 4 heteroatoms. The van der Waals surface area contributed by atoms with Crippen LogP contribution in [0.25, 0.3) is 0 Å². The van der Waals surface area contributed by atoms with Gasteiger partial charge >= 0.3 is 0 Å². The van der Waals surface area contributed by atoms with Gasteiger partial charge in [0.1, 0.15) is 12.7 Å². The van der Waals surface area contributed by atoms with Crippen LogP contribution in [-0.2, 0) is 6.67 Å². The van der Waals surface area contributed by atoms with Crippen molar-refractivity contribution < 1.29 is 4.39 Å². The van der Waals surface area contributed by atoms with Crippen molar-refractivity contribution in [1.29, 1.82) is 5.26 Å².